The molecule has 0 unspecified atom stereocenters. The molecule has 2 aromatic heterocycles. The number of anilines is 1. The normalized spacial score (nSPS) is 15.3. The summed E-state index contributed by atoms with van der Waals surface area (Å²) in [6.45, 7) is 5.00. The molecule has 3 aromatic rings. The summed E-state index contributed by atoms with van der Waals surface area (Å²) < 4.78 is 3.07. The lowest BCUT2D eigenvalue weighted by molar-refractivity contribution is 0.338. The molecule has 0 atom stereocenters. The number of aromatic nitrogens is 4. The molecule has 0 saturated carbocycles. The van der Waals surface area contributed by atoms with Crippen molar-refractivity contribution in [1.29, 1.82) is 0 Å². The molecule has 0 radical (unpaired) electrons. The molecule has 5 nitrogen and oxygen atoms in total. The zero-order chi connectivity index (χ0) is 15.1. The van der Waals surface area contributed by atoms with Crippen molar-refractivity contribution >= 4 is 32.8 Å². The van der Waals surface area contributed by atoms with Crippen LogP contribution in [0.3, 0.4) is 0 Å². The van der Waals surface area contributed by atoms with Crippen LogP contribution in [-0.4, -0.2) is 32.8 Å². The summed E-state index contributed by atoms with van der Waals surface area (Å²) in [6, 6.07) is 6.07. The first kappa shape index (κ1) is 13.7. The van der Waals surface area contributed by atoms with Crippen molar-refractivity contribution < 1.29 is 0 Å². The van der Waals surface area contributed by atoms with Crippen molar-refractivity contribution in [3.05, 3.63) is 46.8 Å². The number of nitrogens with zero attached hydrogens (tertiary/aromatic N) is 5. The third kappa shape index (κ3) is 2.59. The maximum atomic E-state index is 4.66. The lowest BCUT2D eigenvalue weighted by Gasteiger charge is -2.39. The van der Waals surface area contributed by atoms with E-state index in [0.29, 0.717) is 5.92 Å². The average molecular weight is 358 g/mol. The second-order valence-electron chi connectivity index (χ2n) is 5.88. The van der Waals surface area contributed by atoms with Gasteiger partial charge in [-0.3, -0.25) is 4.68 Å². The molecule has 4 rings (SSSR count). The van der Waals surface area contributed by atoms with Crippen molar-refractivity contribution in [1.82, 2.24) is 19.7 Å². The Morgan fingerprint density at radius 1 is 1.27 bits per heavy atom. The van der Waals surface area contributed by atoms with E-state index < -0.39 is 0 Å². The number of halogens is 1. The van der Waals surface area contributed by atoms with E-state index in [0.717, 1.165) is 41.0 Å². The van der Waals surface area contributed by atoms with E-state index in [-0.39, 0.29) is 0 Å². The molecule has 1 fully saturated rings. The van der Waals surface area contributed by atoms with E-state index in [9.17, 15) is 0 Å². The lowest BCUT2D eigenvalue weighted by Crippen LogP contribution is -2.49. The summed E-state index contributed by atoms with van der Waals surface area (Å²) in [6.07, 6.45) is 5.89. The molecule has 0 spiro atoms. The molecular weight excluding hydrogens is 342 g/mol. The van der Waals surface area contributed by atoms with Crippen LogP contribution < -0.4 is 4.90 Å². The van der Waals surface area contributed by atoms with Crippen LogP contribution in [0.5, 0.6) is 0 Å². The number of hydrogen-bond donors (Lipinski definition) is 0. The number of rotatable bonds is 3. The molecule has 3 heterocycles. The van der Waals surface area contributed by atoms with Gasteiger partial charge in [-0.1, -0.05) is 15.9 Å². The summed E-state index contributed by atoms with van der Waals surface area (Å²) in [4.78, 5) is 11.4. The SMILES string of the molecule is Cc1cnn(CC2CN(c3ncc4cc(Br)ccc4n3)C2)c1. The smallest absolute Gasteiger partial charge is 0.225 e. The molecule has 0 bridgehead atoms. The van der Waals surface area contributed by atoms with Gasteiger partial charge in [0.25, 0.3) is 0 Å². The highest BCUT2D eigenvalue weighted by Gasteiger charge is 2.29. The predicted molar refractivity (Wildman–Crippen MR) is 89.9 cm³/mol. The van der Waals surface area contributed by atoms with E-state index in [2.05, 4.69) is 49.0 Å². The van der Waals surface area contributed by atoms with Crippen LogP contribution in [0.4, 0.5) is 5.95 Å². The van der Waals surface area contributed by atoms with Crippen LogP contribution in [0.1, 0.15) is 5.56 Å². The lowest BCUT2D eigenvalue weighted by atomic mass is 10.0. The molecule has 6 heteroatoms. The van der Waals surface area contributed by atoms with Gasteiger partial charge >= 0.3 is 0 Å². The molecule has 0 amide bonds. The third-order valence-corrected chi connectivity index (χ3v) is 4.47. The standard InChI is InChI=1S/C16H16BrN5/c1-11-5-19-22(7-11)10-12-8-21(9-12)16-18-6-13-4-14(17)2-3-15(13)20-16/h2-7,12H,8-10H2,1H3. The third-order valence-electron chi connectivity index (χ3n) is 3.98. The van der Waals surface area contributed by atoms with Crippen LogP contribution >= 0.6 is 15.9 Å². The molecule has 0 aliphatic carbocycles. The van der Waals surface area contributed by atoms with Gasteiger partial charge in [-0.15, -0.1) is 0 Å². The van der Waals surface area contributed by atoms with E-state index in [4.69, 9.17) is 0 Å². The molecule has 1 aliphatic rings. The Morgan fingerprint density at radius 2 is 2.14 bits per heavy atom. The van der Waals surface area contributed by atoms with Gasteiger partial charge in [-0.05, 0) is 30.7 Å². The van der Waals surface area contributed by atoms with Crippen molar-refractivity contribution in [3.63, 3.8) is 0 Å². The quantitative estimate of drug-likeness (QED) is 0.722. The highest BCUT2D eigenvalue weighted by Crippen LogP contribution is 2.25. The Hall–Kier alpha value is -1.95. The fourth-order valence-electron chi connectivity index (χ4n) is 2.83. The van der Waals surface area contributed by atoms with Crippen molar-refractivity contribution in [2.24, 2.45) is 5.92 Å². The zero-order valence-electron chi connectivity index (χ0n) is 12.3. The van der Waals surface area contributed by atoms with Gasteiger partial charge in [0, 0.05) is 47.8 Å². The minimum atomic E-state index is 0.614. The number of hydrogen-bond acceptors (Lipinski definition) is 4. The van der Waals surface area contributed by atoms with Gasteiger partial charge in [0.05, 0.1) is 11.7 Å². The average Bonchev–Trinajstić information content (AvgIpc) is 2.87. The predicted octanol–water partition coefficient (Wildman–Crippen LogP) is 3.03. The van der Waals surface area contributed by atoms with Crippen LogP contribution in [0.15, 0.2) is 41.3 Å². The number of fused-ring (bicyclic) bond motifs is 1. The van der Waals surface area contributed by atoms with Crippen molar-refractivity contribution in [3.8, 4) is 0 Å². The monoisotopic (exact) mass is 357 g/mol. The topological polar surface area (TPSA) is 46.8 Å². The first-order chi connectivity index (χ1) is 10.7. The molecule has 22 heavy (non-hydrogen) atoms. The van der Waals surface area contributed by atoms with Crippen molar-refractivity contribution in [2.75, 3.05) is 18.0 Å². The summed E-state index contributed by atoms with van der Waals surface area (Å²) >= 11 is 3.47. The van der Waals surface area contributed by atoms with Crippen molar-refractivity contribution in [2.45, 2.75) is 13.5 Å². The Kier molecular flexibility index (Phi) is 3.33. The second kappa shape index (κ2) is 5.35. The fourth-order valence-corrected chi connectivity index (χ4v) is 3.21. The number of aryl methyl sites for hydroxylation is 1. The summed E-state index contributed by atoms with van der Waals surface area (Å²) in [7, 11) is 0. The maximum absolute atomic E-state index is 4.66. The minimum Gasteiger partial charge on any atom is -0.340 e. The fraction of sp³-hybridized carbons (Fsp3) is 0.312. The molecule has 112 valence electrons. The van der Waals surface area contributed by atoms with Gasteiger partial charge in [-0.2, -0.15) is 5.10 Å². The highest BCUT2D eigenvalue weighted by atomic mass is 79.9. The largest absolute Gasteiger partial charge is 0.340 e. The Morgan fingerprint density at radius 3 is 2.91 bits per heavy atom. The van der Waals surface area contributed by atoms with Gasteiger partial charge in [0.15, 0.2) is 0 Å². The summed E-state index contributed by atoms with van der Waals surface area (Å²) in [5, 5.41) is 5.40. The Bertz CT molecular complexity index is 822. The second-order valence-corrected chi connectivity index (χ2v) is 6.80. The Labute approximate surface area is 137 Å². The highest BCUT2D eigenvalue weighted by molar-refractivity contribution is 9.10. The maximum Gasteiger partial charge on any atom is 0.225 e. The van der Waals surface area contributed by atoms with E-state index in [1.807, 2.05) is 35.3 Å². The number of benzene rings is 1. The summed E-state index contributed by atoms with van der Waals surface area (Å²) in [5.74, 6) is 1.44. The first-order valence-corrected chi connectivity index (χ1v) is 8.13. The van der Waals surface area contributed by atoms with E-state index in [1.165, 1.54) is 5.56 Å². The first-order valence-electron chi connectivity index (χ1n) is 7.34. The zero-order valence-corrected chi connectivity index (χ0v) is 13.9. The van der Waals surface area contributed by atoms with Gasteiger partial charge in [0.1, 0.15) is 0 Å². The van der Waals surface area contributed by atoms with Gasteiger partial charge in [0.2, 0.25) is 5.95 Å². The van der Waals surface area contributed by atoms with E-state index >= 15 is 0 Å². The van der Waals surface area contributed by atoms with Gasteiger partial charge in [-0.25, -0.2) is 9.97 Å². The molecule has 1 saturated heterocycles. The van der Waals surface area contributed by atoms with Crippen LogP contribution in [0, 0.1) is 12.8 Å². The van der Waals surface area contributed by atoms with Crippen LogP contribution in [0.25, 0.3) is 10.9 Å². The van der Waals surface area contributed by atoms with E-state index in [1.54, 1.807) is 0 Å². The minimum absolute atomic E-state index is 0.614. The van der Waals surface area contributed by atoms with Crippen LogP contribution in [0.2, 0.25) is 0 Å². The molecular formula is C16H16BrN5. The molecule has 1 aromatic carbocycles. The van der Waals surface area contributed by atoms with Gasteiger partial charge < -0.3 is 4.90 Å². The Balaban J connectivity index is 1.45. The molecule has 0 N–H and O–H groups in total. The molecule has 1 aliphatic heterocycles. The van der Waals surface area contributed by atoms with Crippen LogP contribution in [-0.2, 0) is 6.54 Å². The summed E-state index contributed by atoms with van der Waals surface area (Å²) in [5.41, 5.74) is 2.19.